The summed E-state index contributed by atoms with van der Waals surface area (Å²) < 4.78 is 0. The van der Waals surface area contributed by atoms with Gasteiger partial charge in [0.05, 0.1) is 0 Å². The number of hydrogen-bond donors (Lipinski definition) is 1. The minimum Gasteiger partial charge on any atom is -0.351 e. The lowest BCUT2D eigenvalue weighted by Crippen LogP contribution is -2.46. The summed E-state index contributed by atoms with van der Waals surface area (Å²) in [6.07, 6.45) is 1.02. The maximum absolute atomic E-state index is 11.4. The molecule has 1 amide bonds. The summed E-state index contributed by atoms with van der Waals surface area (Å²) in [6.45, 7) is 12.3. The fraction of sp³-hybridized carbons (Fsp3) is 0.909. The Labute approximate surface area is 82.1 Å². The van der Waals surface area contributed by atoms with Gasteiger partial charge in [0.1, 0.15) is 0 Å². The van der Waals surface area contributed by atoms with E-state index in [0.717, 1.165) is 6.42 Å². The summed E-state index contributed by atoms with van der Waals surface area (Å²) in [4.78, 5) is 11.4. The standard InChI is InChI=1S/C11H23NO/c1-8(2)7-11(5,6)12-10(13)9(3)4/h8-9H,7H2,1-6H3,(H,12,13). The highest BCUT2D eigenvalue weighted by Gasteiger charge is 2.22. The maximum Gasteiger partial charge on any atom is 0.222 e. The van der Waals surface area contributed by atoms with E-state index in [1.807, 2.05) is 13.8 Å². The molecular weight excluding hydrogens is 162 g/mol. The summed E-state index contributed by atoms with van der Waals surface area (Å²) in [5.41, 5.74) is -0.0739. The molecule has 2 heteroatoms. The zero-order valence-electron chi connectivity index (χ0n) is 9.77. The molecule has 0 fully saturated rings. The molecule has 0 aliphatic heterocycles. The van der Waals surface area contributed by atoms with Crippen LogP contribution in [0.1, 0.15) is 48.0 Å². The molecule has 13 heavy (non-hydrogen) atoms. The Kier molecular flexibility index (Phi) is 4.45. The van der Waals surface area contributed by atoms with Crippen LogP contribution in [0.4, 0.5) is 0 Å². The molecule has 0 unspecified atom stereocenters. The van der Waals surface area contributed by atoms with Gasteiger partial charge in [0.2, 0.25) is 5.91 Å². The summed E-state index contributed by atoms with van der Waals surface area (Å²) in [7, 11) is 0. The molecule has 0 aromatic carbocycles. The molecule has 0 bridgehead atoms. The van der Waals surface area contributed by atoms with Crippen LogP contribution in [0.3, 0.4) is 0 Å². The molecule has 1 N–H and O–H groups in total. The van der Waals surface area contributed by atoms with Gasteiger partial charge in [0, 0.05) is 11.5 Å². The van der Waals surface area contributed by atoms with E-state index in [1.54, 1.807) is 0 Å². The minimum atomic E-state index is -0.0739. The van der Waals surface area contributed by atoms with Crippen LogP contribution in [0, 0.1) is 11.8 Å². The normalized spacial score (nSPS) is 12.3. The van der Waals surface area contributed by atoms with Gasteiger partial charge in [-0.25, -0.2) is 0 Å². The van der Waals surface area contributed by atoms with Gasteiger partial charge < -0.3 is 5.32 Å². The van der Waals surface area contributed by atoms with Crippen molar-refractivity contribution in [3.05, 3.63) is 0 Å². The third kappa shape index (κ3) is 5.67. The van der Waals surface area contributed by atoms with Crippen molar-refractivity contribution in [1.82, 2.24) is 5.32 Å². The first-order chi connectivity index (χ1) is 5.74. The summed E-state index contributed by atoms with van der Waals surface area (Å²) in [5.74, 6) is 0.833. The van der Waals surface area contributed by atoms with E-state index < -0.39 is 0 Å². The highest BCUT2D eigenvalue weighted by atomic mass is 16.2. The second kappa shape index (κ2) is 4.64. The van der Waals surface area contributed by atoms with E-state index in [2.05, 4.69) is 33.0 Å². The first kappa shape index (κ1) is 12.5. The van der Waals surface area contributed by atoms with Crippen molar-refractivity contribution in [2.75, 3.05) is 0 Å². The quantitative estimate of drug-likeness (QED) is 0.716. The van der Waals surface area contributed by atoms with Crippen molar-refractivity contribution >= 4 is 5.91 Å². The molecule has 2 nitrogen and oxygen atoms in total. The first-order valence-corrected chi connectivity index (χ1v) is 5.06. The van der Waals surface area contributed by atoms with Crippen LogP contribution >= 0.6 is 0 Å². The van der Waals surface area contributed by atoms with Crippen LogP contribution in [0.5, 0.6) is 0 Å². The summed E-state index contributed by atoms with van der Waals surface area (Å²) in [6, 6.07) is 0. The Morgan fingerprint density at radius 3 is 2.00 bits per heavy atom. The maximum atomic E-state index is 11.4. The zero-order valence-corrected chi connectivity index (χ0v) is 9.77. The van der Waals surface area contributed by atoms with E-state index in [0.29, 0.717) is 5.92 Å². The highest BCUT2D eigenvalue weighted by Crippen LogP contribution is 2.15. The zero-order chi connectivity index (χ0) is 10.6. The molecule has 0 heterocycles. The van der Waals surface area contributed by atoms with Crippen molar-refractivity contribution in [1.29, 1.82) is 0 Å². The fourth-order valence-corrected chi connectivity index (χ4v) is 1.55. The minimum absolute atomic E-state index is 0.0739. The lowest BCUT2D eigenvalue weighted by molar-refractivity contribution is -0.125. The largest absolute Gasteiger partial charge is 0.351 e. The van der Waals surface area contributed by atoms with Gasteiger partial charge in [-0.15, -0.1) is 0 Å². The molecule has 78 valence electrons. The Morgan fingerprint density at radius 1 is 1.23 bits per heavy atom. The van der Waals surface area contributed by atoms with Crippen LogP contribution < -0.4 is 5.32 Å². The molecule has 0 radical (unpaired) electrons. The number of rotatable bonds is 4. The monoisotopic (exact) mass is 185 g/mol. The molecule has 0 saturated heterocycles. The smallest absolute Gasteiger partial charge is 0.222 e. The van der Waals surface area contributed by atoms with Crippen LogP contribution in [0.15, 0.2) is 0 Å². The molecule has 0 rings (SSSR count). The van der Waals surface area contributed by atoms with Gasteiger partial charge in [0.15, 0.2) is 0 Å². The number of carbonyl (C=O) groups is 1. The van der Waals surface area contributed by atoms with Crippen molar-refractivity contribution < 1.29 is 4.79 Å². The summed E-state index contributed by atoms with van der Waals surface area (Å²) >= 11 is 0. The Balaban J connectivity index is 4.09. The van der Waals surface area contributed by atoms with Crippen LogP contribution in [0.25, 0.3) is 0 Å². The molecular formula is C11H23NO. The Hall–Kier alpha value is -0.530. The van der Waals surface area contributed by atoms with E-state index in [9.17, 15) is 4.79 Å². The Bertz CT molecular complexity index is 171. The second-order valence-electron chi connectivity index (χ2n) is 5.13. The van der Waals surface area contributed by atoms with E-state index in [4.69, 9.17) is 0 Å². The molecule has 0 aromatic heterocycles. The molecule has 0 aliphatic rings. The predicted molar refractivity (Wildman–Crippen MR) is 56.5 cm³/mol. The molecule has 0 aromatic rings. The van der Waals surface area contributed by atoms with E-state index >= 15 is 0 Å². The highest BCUT2D eigenvalue weighted by molar-refractivity contribution is 5.78. The molecule has 0 saturated carbocycles. The van der Waals surface area contributed by atoms with Crippen molar-refractivity contribution in [3.8, 4) is 0 Å². The van der Waals surface area contributed by atoms with Gasteiger partial charge in [-0.2, -0.15) is 0 Å². The van der Waals surface area contributed by atoms with Crippen molar-refractivity contribution in [2.24, 2.45) is 11.8 Å². The predicted octanol–water partition coefficient (Wildman–Crippen LogP) is 2.58. The lowest BCUT2D eigenvalue weighted by atomic mass is 9.92. The Morgan fingerprint density at radius 2 is 1.69 bits per heavy atom. The topological polar surface area (TPSA) is 29.1 Å². The first-order valence-electron chi connectivity index (χ1n) is 5.06. The molecule has 0 atom stereocenters. The van der Waals surface area contributed by atoms with Gasteiger partial charge >= 0.3 is 0 Å². The van der Waals surface area contributed by atoms with Crippen molar-refractivity contribution in [2.45, 2.75) is 53.5 Å². The fourth-order valence-electron chi connectivity index (χ4n) is 1.55. The number of nitrogens with one attached hydrogen (secondary N) is 1. The van der Waals surface area contributed by atoms with Crippen LogP contribution in [-0.4, -0.2) is 11.4 Å². The van der Waals surface area contributed by atoms with Gasteiger partial charge in [0.25, 0.3) is 0 Å². The van der Waals surface area contributed by atoms with E-state index in [-0.39, 0.29) is 17.4 Å². The average Bonchev–Trinajstić information content (AvgIpc) is 1.81. The third-order valence-electron chi connectivity index (χ3n) is 1.90. The molecule has 0 spiro atoms. The number of carbonyl (C=O) groups excluding carboxylic acids is 1. The van der Waals surface area contributed by atoms with E-state index in [1.165, 1.54) is 0 Å². The number of amides is 1. The van der Waals surface area contributed by atoms with Crippen LogP contribution in [-0.2, 0) is 4.79 Å². The van der Waals surface area contributed by atoms with Crippen molar-refractivity contribution in [3.63, 3.8) is 0 Å². The number of hydrogen-bond acceptors (Lipinski definition) is 1. The van der Waals surface area contributed by atoms with Gasteiger partial charge in [-0.1, -0.05) is 27.7 Å². The van der Waals surface area contributed by atoms with Crippen LogP contribution in [0.2, 0.25) is 0 Å². The summed E-state index contributed by atoms with van der Waals surface area (Å²) in [5, 5.41) is 3.05. The van der Waals surface area contributed by atoms with Gasteiger partial charge in [-0.05, 0) is 26.2 Å². The third-order valence-corrected chi connectivity index (χ3v) is 1.90. The second-order valence-corrected chi connectivity index (χ2v) is 5.13. The average molecular weight is 185 g/mol. The molecule has 0 aliphatic carbocycles. The SMILES string of the molecule is CC(C)CC(C)(C)NC(=O)C(C)C. The lowest BCUT2D eigenvalue weighted by Gasteiger charge is -2.29. The van der Waals surface area contributed by atoms with Gasteiger partial charge in [-0.3, -0.25) is 4.79 Å².